The van der Waals surface area contributed by atoms with Crippen LogP contribution in [0.25, 0.3) is 0 Å². The molecule has 2 heteroatoms. The van der Waals surface area contributed by atoms with Crippen LogP contribution in [0.15, 0.2) is 0 Å². The molecule has 0 saturated heterocycles. The first kappa shape index (κ1) is 12.5. The van der Waals surface area contributed by atoms with Gasteiger partial charge >= 0.3 is 0 Å². The van der Waals surface area contributed by atoms with Gasteiger partial charge in [0.2, 0.25) is 5.91 Å². The highest BCUT2D eigenvalue weighted by Crippen LogP contribution is 2.12. The molecule has 1 amide bonds. The molecule has 78 valence electrons. The Hall–Kier alpha value is -0.530. The number of nitrogens with one attached hydrogen (secondary N) is 1. The van der Waals surface area contributed by atoms with Gasteiger partial charge in [-0.2, -0.15) is 0 Å². The van der Waals surface area contributed by atoms with E-state index in [1.54, 1.807) is 0 Å². The van der Waals surface area contributed by atoms with E-state index in [-0.39, 0.29) is 17.4 Å². The van der Waals surface area contributed by atoms with Crippen molar-refractivity contribution in [3.63, 3.8) is 0 Å². The normalized spacial score (nSPS) is 13.9. The standard InChI is InChI=1S/C11H23NO/c1-6-8-9(7-2)10(13)12-11(3,4)5/h9H,6-8H2,1-5H3,(H,12,13). The second-order valence-electron chi connectivity index (χ2n) is 4.63. The van der Waals surface area contributed by atoms with Gasteiger partial charge in [-0.3, -0.25) is 4.79 Å². The Labute approximate surface area is 82.1 Å². The van der Waals surface area contributed by atoms with E-state index in [1.807, 2.05) is 20.8 Å². The highest BCUT2D eigenvalue weighted by Gasteiger charge is 2.20. The van der Waals surface area contributed by atoms with Gasteiger partial charge in [0.25, 0.3) is 0 Å². The minimum absolute atomic E-state index is 0.0990. The molecule has 13 heavy (non-hydrogen) atoms. The Morgan fingerprint density at radius 2 is 1.85 bits per heavy atom. The number of hydrogen-bond acceptors (Lipinski definition) is 1. The fourth-order valence-corrected chi connectivity index (χ4v) is 1.34. The van der Waals surface area contributed by atoms with Crippen LogP contribution in [0.2, 0.25) is 0 Å². The smallest absolute Gasteiger partial charge is 0.223 e. The zero-order valence-electron chi connectivity index (χ0n) is 9.61. The first-order valence-corrected chi connectivity index (χ1v) is 5.22. The number of carbonyl (C=O) groups excluding carboxylic acids is 1. The lowest BCUT2D eigenvalue weighted by Crippen LogP contribution is -2.43. The third kappa shape index (κ3) is 5.67. The predicted octanol–water partition coefficient (Wildman–Crippen LogP) is 2.73. The summed E-state index contributed by atoms with van der Waals surface area (Å²) < 4.78 is 0. The SMILES string of the molecule is CCCC(CC)C(=O)NC(C)(C)C. The van der Waals surface area contributed by atoms with Crippen LogP contribution in [0.4, 0.5) is 0 Å². The maximum atomic E-state index is 11.7. The Morgan fingerprint density at radius 3 is 2.15 bits per heavy atom. The molecule has 0 radical (unpaired) electrons. The summed E-state index contributed by atoms with van der Waals surface area (Å²) in [6, 6.07) is 0. The summed E-state index contributed by atoms with van der Waals surface area (Å²) in [4.78, 5) is 11.7. The molecule has 0 bridgehead atoms. The zero-order valence-corrected chi connectivity index (χ0v) is 9.61. The van der Waals surface area contributed by atoms with Gasteiger partial charge in [-0.15, -0.1) is 0 Å². The lowest BCUT2D eigenvalue weighted by Gasteiger charge is -2.24. The Kier molecular flexibility index (Phi) is 5.04. The van der Waals surface area contributed by atoms with E-state index in [4.69, 9.17) is 0 Å². The highest BCUT2D eigenvalue weighted by molar-refractivity contribution is 5.79. The molecule has 0 fully saturated rings. The summed E-state index contributed by atoms with van der Waals surface area (Å²) in [6.45, 7) is 10.2. The lowest BCUT2D eigenvalue weighted by atomic mass is 9.98. The molecule has 0 rings (SSSR count). The third-order valence-corrected chi connectivity index (χ3v) is 2.00. The molecule has 0 aromatic carbocycles. The van der Waals surface area contributed by atoms with Crippen molar-refractivity contribution in [2.24, 2.45) is 5.92 Å². The minimum atomic E-state index is -0.0990. The van der Waals surface area contributed by atoms with E-state index < -0.39 is 0 Å². The molecule has 0 aliphatic heterocycles. The zero-order chi connectivity index (χ0) is 10.5. The molecular formula is C11H23NO. The van der Waals surface area contributed by atoms with Crippen molar-refractivity contribution in [1.29, 1.82) is 0 Å². The Morgan fingerprint density at radius 1 is 1.31 bits per heavy atom. The van der Waals surface area contributed by atoms with Crippen LogP contribution >= 0.6 is 0 Å². The Balaban J connectivity index is 4.06. The van der Waals surface area contributed by atoms with Gasteiger partial charge in [-0.25, -0.2) is 0 Å². The van der Waals surface area contributed by atoms with E-state index in [0.29, 0.717) is 0 Å². The average Bonchev–Trinajstić information content (AvgIpc) is 1.96. The van der Waals surface area contributed by atoms with Gasteiger partial charge in [0.1, 0.15) is 0 Å². The van der Waals surface area contributed by atoms with Gasteiger partial charge in [0.15, 0.2) is 0 Å². The Bertz CT molecular complexity index is 158. The number of carbonyl (C=O) groups is 1. The van der Waals surface area contributed by atoms with Gasteiger partial charge in [0.05, 0.1) is 0 Å². The fourth-order valence-electron chi connectivity index (χ4n) is 1.34. The van der Waals surface area contributed by atoms with Gasteiger partial charge in [-0.05, 0) is 33.6 Å². The second-order valence-corrected chi connectivity index (χ2v) is 4.63. The molecule has 0 aliphatic rings. The van der Waals surface area contributed by atoms with E-state index >= 15 is 0 Å². The van der Waals surface area contributed by atoms with Crippen molar-refractivity contribution >= 4 is 5.91 Å². The summed E-state index contributed by atoms with van der Waals surface area (Å²) in [5, 5.41) is 3.02. The van der Waals surface area contributed by atoms with Crippen molar-refractivity contribution in [3.8, 4) is 0 Å². The number of rotatable bonds is 4. The van der Waals surface area contributed by atoms with Crippen molar-refractivity contribution < 1.29 is 4.79 Å². The van der Waals surface area contributed by atoms with E-state index in [2.05, 4.69) is 19.2 Å². The molecule has 0 aromatic heterocycles. The summed E-state index contributed by atoms with van der Waals surface area (Å²) in [7, 11) is 0. The first-order valence-electron chi connectivity index (χ1n) is 5.22. The van der Waals surface area contributed by atoms with Crippen LogP contribution < -0.4 is 5.32 Å². The van der Waals surface area contributed by atoms with Gasteiger partial charge in [-0.1, -0.05) is 20.3 Å². The number of hydrogen-bond donors (Lipinski definition) is 1. The van der Waals surface area contributed by atoms with E-state index in [0.717, 1.165) is 19.3 Å². The topological polar surface area (TPSA) is 29.1 Å². The van der Waals surface area contributed by atoms with Crippen molar-refractivity contribution in [1.82, 2.24) is 5.32 Å². The second kappa shape index (κ2) is 5.25. The van der Waals surface area contributed by atoms with Crippen LogP contribution in [0.3, 0.4) is 0 Å². The lowest BCUT2D eigenvalue weighted by molar-refractivity contribution is -0.126. The van der Waals surface area contributed by atoms with Crippen LogP contribution in [-0.2, 0) is 4.79 Å². The van der Waals surface area contributed by atoms with Crippen LogP contribution in [0, 0.1) is 5.92 Å². The minimum Gasteiger partial charge on any atom is -0.351 e. The average molecular weight is 185 g/mol. The molecule has 1 N–H and O–H groups in total. The monoisotopic (exact) mass is 185 g/mol. The van der Waals surface area contributed by atoms with Crippen molar-refractivity contribution in [3.05, 3.63) is 0 Å². The van der Waals surface area contributed by atoms with Crippen molar-refractivity contribution in [2.45, 2.75) is 59.4 Å². The van der Waals surface area contributed by atoms with E-state index in [1.165, 1.54) is 0 Å². The van der Waals surface area contributed by atoms with Crippen LogP contribution in [-0.4, -0.2) is 11.4 Å². The van der Waals surface area contributed by atoms with Crippen LogP contribution in [0.1, 0.15) is 53.9 Å². The fraction of sp³-hybridized carbons (Fsp3) is 0.909. The molecule has 0 spiro atoms. The summed E-state index contributed by atoms with van der Waals surface area (Å²) in [5.74, 6) is 0.404. The number of amides is 1. The summed E-state index contributed by atoms with van der Waals surface area (Å²) >= 11 is 0. The summed E-state index contributed by atoms with van der Waals surface area (Å²) in [6.07, 6.45) is 3.02. The van der Waals surface area contributed by atoms with Gasteiger partial charge < -0.3 is 5.32 Å². The van der Waals surface area contributed by atoms with E-state index in [9.17, 15) is 4.79 Å². The molecule has 1 atom stereocenters. The molecular weight excluding hydrogens is 162 g/mol. The quantitative estimate of drug-likeness (QED) is 0.717. The molecule has 1 unspecified atom stereocenters. The maximum absolute atomic E-state index is 11.7. The maximum Gasteiger partial charge on any atom is 0.223 e. The largest absolute Gasteiger partial charge is 0.351 e. The summed E-state index contributed by atoms with van der Waals surface area (Å²) in [5.41, 5.74) is -0.0990. The predicted molar refractivity (Wildman–Crippen MR) is 56.6 cm³/mol. The third-order valence-electron chi connectivity index (χ3n) is 2.00. The molecule has 0 aliphatic carbocycles. The molecule has 0 aromatic rings. The first-order chi connectivity index (χ1) is 5.90. The van der Waals surface area contributed by atoms with Crippen LogP contribution in [0.5, 0.6) is 0 Å². The molecule has 0 heterocycles. The van der Waals surface area contributed by atoms with Crippen molar-refractivity contribution in [2.75, 3.05) is 0 Å². The van der Waals surface area contributed by atoms with Gasteiger partial charge in [0, 0.05) is 11.5 Å². The molecule has 2 nitrogen and oxygen atoms in total. The molecule has 0 saturated carbocycles. The highest BCUT2D eigenvalue weighted by atomic mass is 16.2.